The van der Waals surface area contributed by atoms with E-state index in [1.54, 1.807) is 12.1 Å². The van der Waals surface area contributed by atoms with Crippen LogP contribution in [-0.2, 0) is 0 Å². The molecular formula is C13H19NO. The summed E-state index contributed by atoms with van der Waals surface area (Å²) in [7, 11) is 0. The lowest BCUT2D eigenvalue weighted by molar-refractivity contribution is 0.440. The fourth-order valence-electron chi connectivity index (χ4n) is 1.99. The molecule has 2 heteroatoms. The first-order chi connectivity index (χ1) is 7.16. The van der Waals surface area contributed by atoms with Gasteiger partial charge in [-0.05, 0) is 50.3 Å². The van der Waals surface area contributed by atoms with Gasteiger partial charge in [0.25, 0.3) is 0 Å². The zero-order chi connectivity index (χ0) is 10.8. The monoisotopic (exact) mass is 205 g/mol. The van der Waals surface area contributed by atoms with E-state index in [1.807, 2.05) is 12.1 Å². The van der Waals surface area contributed by atoms with Crippen LogP contribution in [-0.4, -0.2) is 11.1 Å². The van der Waals surface area contributed by atoms with Gasteiger partial charge >= 0.3 is 0 Å². The first-order valence-electron chi connectivity index (χ1n) is 5.72. The summed E-state index contributed by atoms with van der Waals surface area (Å²) in [5.41, 5.74) is 1.24. The highest BCUT2D eigenvalue weighted by atomic mass is 16.3. The third-order valence-electron chi connectivity index (χ3n) is 3.24. The molecule has 0 radical (unpaired) electrons. The molecule has 0 heterocycles. The standard InChI is InChI=1S/C13H19NO/c1-9(11-3-4-11)14-10(2)12-5-7-13(15)8-6-12/h5-11,14-15H,3-4H2,1-2H3. The van der Waals surface area contributed by atoms with E-state index < -0.39 is 0 Å². The summed E-state index contributed by atoms with van der Waals surface area (Å²) in [6.45, 7) is 4.43. The van der Waals surface area contributed by atoms with Crippen molar-refractivity contribution in [2.24, 2.45) is 5.92 Å². The summed E-state index contributed by atoms with van der Waals surface area (Å²) in [5, 5.41) is 12.8. The van der Waals surface area contributed by atoms with Gasteiger partial charge in [0.05, 0.1) is 0 Å². The molecule has 15 heavy (non-hydrogen) atoms. The van der Waals surface area contributed by atoms with Crippen LogP contribution in [0.5, 0.6) is 5.75 Å². The van der Waals surface area contributed by atoms with Gasteiger partial charge in [0, 0.05) is 12.1 Å². The summed E-state index contributed by atoms with van der Waals surface area (Å²) in [6.07, 6.45) is 2.74. The van der Waals surface area contributed by atoms with Crippen LogP contribution in [0.15, 0.2) is 24.3 Å². The minimum absolute atomic E-state index is 0.334. The molecule has 2 nitrogen and oxygen atoms in total. The fraction of sp³-hybridized carbons (Fsp3) is 0.538. The number of hydrogen-bond donors (Lipinski definition) is 2. The molecule has 2 unspecified atom stereocenters. The van der Waals surface area contributed by atoms with Crippen molar-refractivity contribution in [3.63, 3.8) is 0 Å². The van der Waals surface area contributed by atoms with Crippen molar-refractivity contribution in [1.29, 1.82) is 0 Å². The molecule has 0 spiro atoms. The summed E-state index contributed by atoms with van der Waals surface area (Å²) in [4.78, 5) is 0. The Morgan fingerprint density at radius 3 is 2.33 bits per heavy atom. The van der Waals surface area contributed by atoms with E-state index in [0.717, 1.165) is 5.92 Å². The molecule has 1 fully saturated rings. The lowest BCUT2D eigenvalue weighted by Gasteiger charge is -2.20. The molecule has 0 bridgehead atoms. The van der Waals surface area contributed by atoms with Gasteiger partial charge in [0.1, 0.15) is 5.75 Å². The second-order valence-electron chi connectivity index (χ2n) is 4.61. The van der Waals surface area contributed by atoms with Crippen LogP contribution in [0.3, 0.4) is 0 Å². The van der Waals surface area contributed by atoms with Crippen molar-refractivity contribution < 1.29 is 5.11 Å². The van der Waals surface area contributed by atoms with Crippen LogP contribution in [0, 0.1) is 5.92 Å². The Morgan fingerprint density at radius 1 is 1.20 bits per heavy atom. The molecule has 0 aliphatic heterocycles. The minimum atomic E-state index is 0.334. The Labute approximate surface area is 91.3 Å². The molecule has 0 amide bonds. The first kappa shape index (κ1) is 10.5. The Morgan fingerprint density at radius 2 is 1.80 bits per heavy atom. The van der Waals surface area contributed by atoms with E-state index in [-0.39, 0.29) is 0 Å². The Bertz CT molecular complexity index is 316. The lowest BCUT2D eigenvalue weighted by Crippen LogP contribution is -2.30. The average molecular weight is 205 g/mol. The SMILES string of the molecule is CC(NC(C)C1CC1)c1ccc(O)cc1. The molecule has 2 atom stereocenters. The van der Waals surface area contributed by atoms with Gasteiger partial charge in [-0.3, -0.25) is 0 Å². The molecule has 1 aliphatic rings. The van der Waals surface area contributed by atoms with E-state index in [1.165, 1.54) is 18.4 Å². The molecule has 1 aromatic rings. The van der Waals surface area contributed by atoms with Gasteiger partial charge in [-0.1, -0.05) is 12.1 Å². The second kappa shape index (κ2) is 4.23. The normalized spacial score (nSPS) is 19.9. The van der Waals surface area contributed by atoms with Crippen molar-refractivity contribution in [1.82, 2.24) is 5.32 Å². The molecular weight excluding hydrogens is 186 g/mol. The molecule has 1 aromatic carbocycles. The van der Waals surface area contributed by atoms with E-state index in [9.17, 15) is 5.11 Å². The van der Waals surface area contributed by atoms with Crippen LogP contribution in [0.25, 0.3) is 0 Å². The fourth-order valence-corrected chi connectivity index (χ4v) is 1.99. The van der Waals surface area contributed by atoms with E-state index in [0.29, 0.717) is 17.8 Å². The van der Waals surface area contributed by atoms with Gasteiger partial charge in [0.15, 0.2) is 0 Å². The van der Waals surface area contributed by atoms with Crippen molar-refractivity contribution in [3.05, 3.63) is 29.8 Å². The molecule has 0 saturated heterocycles. The van der Waals surface area contributed by atoms with Crippen LogP contribution >= 0.6 is 0 Å². The van der Waals surface area contributed by atoms with E-state index >= 15 is 0 Å². The van der Waals surface area contributed by atoms with E-state index in [2.05, 4.69) is 19.2 Å². The smallest absolute Gasteiger partial charge is 0.115 e. The third kappa shape index (κ3) is 2.72. The molecule has 1 aliphatic carbocycles. The Hall–Kier alpha value is -1.02. The zero-order valence-corrected chi connectivity index (χ0v) is 9.40. The highest BCUT2D eigenvalue weighted by Gasteiger charge is 2.28. The number of rotatable bonds is 4. The number of hydrogen-bond acceptors (Lipinski definition) is 2. The van der Waals surface area contributed by atoms with Crippen molar-refractivity contribution >= 4 is 0 Å². The van der Waals surface area contributed by atoms with E-state index in [4.69, 9.17) is 0 Å². The molecule has 0 aromatic heterocycles. The number of benzene rings is 1. The van der Waals surface area contributed by atoms with Crippen molar-refractivity contribution in [2.45, 2.75) is 38.8 Å². The Kier molecular flexibility index (Phi) is 2.96. The third-order valence-corrected chi connectivity index (χ3v) is 3.24. The van der Waals surface area contributed by atoms with Crippen molar-refractivity contribution in [3.8, 4) is 5.75 Å². The van der Waals surface area contributed by atoms with Crippen LogP contribution in [0.1, 0.15) is 38.3 Å². The average Bonchev–Trinajstić information content (AvgIpc) is 3.01. The van der Waals surface area contributed by atoms with Gasteiger partial charge in [0.2, 0.25) is 0 Å². The second-order valence-corrected chi connectivity index (χ2v) is 4.61. The van der Waals surface area contributed by atoms with Gasteiger partial charge in [-0.15, -0.1) is 0 Å². The zero-order valence-electron chi connectivity index (χ0n) is 9.40. The molecule has 2 N–H and O–H groups in total. The minimum Gasteiger partial charge on any atom is -0.508 e. The highest BCUT2D eigenvalue weighted by molar-refractivity contribution is 5.27. The quantitative estimate of drug-likeness (QED) is 0.792. The number of phenolic OH excluding ortho intramolecular Hbond substituents is 1. The first-order valence-corrected chi connectivity index (χ1v) is 5.72. The summed E-state index contributed by atoms with van der Waals surface area (Å²) in [6, 6.07) is 8.42. The lowest BCUT2D eigenvalue weighted by atomic mass is 10.1. The summed E-state index contributed by atoms with van der Waals surface area (Å²) >= 11 is 0. The van der Waals surface area contributed by atoms with Crippen LogP contribution in [0.4, 0.5) is 0 Å². The maximum absolute atomic E-state index is 9.20. The molecule has 2 rings (SSSR count). The largest absolute Gasteiger partial charge is 0.508 e. The number of aromatic hydroxyl groups is 1. The highest BCUT2D eigenvalue weighted by Crippen LogP contribution is 2.33. The van der Waals surface area contributed by atoms with Crippen molar-refractivity contribution in [2.75, 3.05) is 0 Å². The van der Waals surface area contributed by atoms with Gasteiger partial charge in [-0.25, -0.2) is 0 Å². The summed E-state index contributed by atoms with van der Waals surface area (Å²) in [5.74, 6) is 1.21. The number of phenols is 1. The van der Waals surface area contributed by atoms with Crippen LogP contribution in [0.2, 0.25) is 0 Å². The maximum atomic E-state index is 9.20. The number of nitrogens with one attached hydrogen (secondary N) is 1. The van der Waals surface area contributed by atoms with Gasteiger partial charge < -0.3 is 10.4 Å². The topological polar surface area (TPSA) is 32.3 Å². The molecule has 1 saturated carbocycles. The predicted octanol–water partition coefficient (Wildman–Crippen LogP) is 2.84. The molecule has 82 valence electrons. The predicted molar refractivity (Wildman–Crippen MR) is 61.8 cm³/mol. The van der Waals surface area contributed by atoms with Gasteiger partial charge in [-0.2, -0.15) is 0 Å². The Balaban J connectivity index is 1.94. The van der Waals surface area contributed by atoms with Crippen LogP contribution < -0.4 is 5.32 Å². The summed E-state index contributed by atoms with van der Waals surface area (Å²) < 4.78 is 0. The maximum Gasteiger partial charge on any atom is 0.115 e.